The second-order valence-electron chi connectivity index (χ2n) is 5.57. The van der Waals surface area contributed by atoms with Crippen LogP contribution in [0.25, 0.3) is 0 Å². The van der Waals surface area contributed by atoms with E-state index in [1.807, 2.05) is 18.2 Å². The highest BCUT2D eigenvalue weighted by Gasteiger charge is 2.26. The first-order valence-corrected chi connectivity index (χ1v) is 7.96. The van der Waals surface area contributed by atoms with Crippen molar-refractivity contribution in [3.8, 4) is 11.5 Å². The Hall–Kier alpha value is -1.75. The quantitative estimate of drug-likeness (QED) is 0.839. The van der Waals surface area contributed by atoms with E-state index < -0.39 is 0 Å². The Morgan fingerprint density at radius 2 is 2.27 bits per heavy atom. The summed E-state index contributed by atoms with van der Waals surface area (Å²) in [6.07, 6.45) is 3.01. The fourth-order valence-corrected chi connectivity index (χ4v) is 2.89. The summed E-state index contributed by atoms with van der Waals surface area (Å²) in [6, 6.07) is 5.94. The summed E-state index contributed by atoms with van der Waals surface area (Å²) in [5, 5.41) is 2.85. The number of carbonyl (C=O) groups is 1. The third-order valence-electron chi connectivity index (χ3n) is 3.91. The van der Waals surface area contributed by atoms with E-state index >= 15 is 0 Å². The van der Waals surface area contributed by atoms with Crippen molar-refractivity contribution in [1.29, 1.82) is 0 Å². The van der Waals surface area contributed by atoms with Crippen LogP contribution in [0.5, 0.6) is 11.5 Å². The maximum atomic E-state index is 11.0. The molecule has 0 bridgehead atoms. The van der Waals surface area contributed by atoms with Gasteiger partial charge < -0.3 is 14.8 Å². The average molecular weight is 306 g/mol. The van der Waals surface area contributed by atoms with E-state index in [-0.39, 0.29) is 12.1 Å². The van der Waals surface area contributed by atoms with Gasteiger partial charge in [0.05, 0.1) is 7.11 Å². The molecule has 5 heteroatoms. The fraction of sp³-hybridized carbons (Fsp3) is 0.588. The van der Waals surface area contributed by atoms with Crippen LogP contribution in [0.2, 0.25) is 0 Å². The summed E-state index contributed by atoms with van der Waals surface area (Å²) < 4.78 is 11.6. The Bertz CT molecular complexity index is 505. The topological polar surface area (TPSA) is 50.8 Å². The highest BCUT2D eigenvalue weighted by atomic mass is 16.5. The van der Waals surface area contributed by atoms with Crippen molar-refractivity contribution in [3.05, 3.63) is 23.8 Å². The van der Waals surface area contributed by atoms with Crippen molar-refractivity contribution < 1.29 is 14.3 Å². The van der Waals surface area contributed by atoms with E-state index in [0.29, 0.717) is 6.54 Å². The molecule has 1 heterocycles. The number of rotatable bonds is 7. The predicted molar refractivity (Wildman–Crippen MR) is 86.3 cm³/mol. The van der Waals surface area contributed by atoms with E-state index in [4.69, 9.17) is 9.47 Å². The number of fused-ring (bicyclic) bond motifs is 1. The molecule has 1 aromatic rings. The fourth-order valence-electron chi connectivity index (χ4n) is 2.89. The molecule has 1 N–H and O–H groups in total. The van der Waals surface area contributed by atoms with Gasteiger partial charge in [-0.3, -0.25) is 9.69 Å². The van der Waals surface area contributed by atoms with Gasteiger partial charge in [-0.1, -0.05) is 13.0 Å². The van der Waals surface area contributed by atoms with Gasteiger partial charge in [0.2, 0.25) is 5.91 Å². The number of ether oxygens (including phenoxy) is 2. The number of hydrogen-bond donors (Lipinski definition) is 1. The Labute approximate surface area is 132 Å². The molecule has 0 radical (unpaired) electrons. The third-order valence-corrected chi connectivity index (χ3v) is 3.91. The van der Waals surface area contributed by atoms with Gasteiger partial charge in [0.15, 0.2) is 6.23 Å². The summed E-state index contributed by atoms with van der Waals surface area (Å²) in [4.78, 5) is 13.3. The molecule has 22 heavy (non-hydrogen) atoms. The van der Waals surface area contributed by atoms with Crippen molar-refractivity contribution in [2.24, 2.45) is 0 Å². The maximum Gasteiger partial charge on any atom is 0.216 e. The molecule has 0 saturated heterocycles. The van der Waals surface area contributed by atoms with Crippen LogP contribution in [0.4, 0.5) is 0 Å². The molecule has 0 saturated carbocycles. The van der Waals surface area contributed by atoms with E-state index in [1.54, 1.807) is 14.0 Å². The molecule has 1 aliphatic heterocycles. The zero-order valence-corrected chi connectivity index (χ0v) is 13.7. The summed E-state index contributed by atoms with van der Waals surface area (Å²) in [5.41, 5.74) is 1.15. The van der Waals surface area contributed by atoms with Gasteiger partial charge in [0, 0.05) is 38.5 Å². The van der Waals surface area contributed by atoms with E-state index in [9.17, 15) is 4.79 Å². The SMILES string of the molecule is CCCN(CCNC(C)=O)C1CCc2c(OC)cccc2O1. The Balaban J connectivity index is 2.02. The van der Waals surface area contributed by atoms with Crippen LogP contribution in [-0.4, -0.2) is 43.8 Å². The molecule has 1 aliphatic rings. The number of benzene rings is 1. The average Bonchev–Trinajstić information content (AvgIpc) is 2.52. The molecule has 2 rings (SSSR count). The molecule has 0 aromatic heterocycles. The van der Waals surface area contributed by atoms with Crippen LogP contribution >= 0.6 is 0 Å². The highest BCUT2D eigenvalue weighted by molar-refractivity contribution is 5.72. The molecule has 0 fully saturated rings. The summed E-state index contributed by atoms with van der Waals surface area (Å²) in [6.45, 7) is 6.12. The van der Waals surface area contributed by atoms with Crippen molar-refractivity contribution in [3.63, 3.8) is 0 Å². The van der Waals surface area contributed by atoms with Crippen molar-refractivity contribution in [1.82, 2.24) is 10.2 Å². The molecule has 1 aromatic carbocycles. The molecule has 0 spiro atoms. The third kappa shape index (κ3) is 4.13. The van der Waals surface area contributed by atoms with Crippen LogP contribution in [0.3, 0.4) is 0 Å². The Kier molecular flexibility index (Phi) is 6.07. The van der Waals surface area contributed by atoms with E-state index in [0.717, 1.165) is 49.4 Å². The molecule has 1 amide bonds. The number of hydrogen-bond acceptors (Lipinski definition) is 4. The summed E-state index contributed by atoms with van der Waals surface area (Å²) >= 11 is 0. The zero-order chi connectivity index (χ0) is 15.9. The maximum absolute atomic E-state index is 11.0. The molecule has 5 nitrogen and oxygen atoms in total. The normalized spacial score (nSPS) is 16.8. The van der Waals surface area contributed by atoms with Crippen molar-refractivity contribution in [2.45, 2.75) is 39.3 Å². The van der Waals surface area contributed by atoms with Crippen LogP contribution in [0.15, 0.2) is 18.2 Å². The van der Waals surface area contributed by atoms with Gasteiger partial charge in [-0.25, -0.2) is 0 Å². The smallest absolute Gasteiger partial charge is 0.216 e. The van der Waals surface area contributed by atoms with Gasteiger partial charge in [-0.15, -0.1) is 0 Å². The zero-order valence-electron chi connectivity index (χ0n) is 13.7. The van der Waals surface area contributed by atoms with Crippen LogP contribution in [-0.2, 0) is 11.2 Å². The first-order chi connectivity index (χ1) is 10.7. The lowest BCUT2D eigenvalue weighted by molar-refractivity contribution is -0.119. The van der Waals surface area contributed by atoms with Gasteiger partial charge in [0.25, 0.3) is 0 Å². The lowest BCUT2D eigenvalue weighted by Gasteiger charge is -2.35. The van der Waals surface area contributed by atoms with Crippen LogP contribution in [0, 0.1) is 0 Å². The largest absolute Gasteiger partial charge is 0.496 e. The molecule has 1 atom stereocenters. The molecular formula is C17H26N2O3. The van der Waals surface area contributed by atoms with Crippen LogP contribution in [0.1, 0.15) is 32.3 Å². The van der Waals surface area contributed by atoms with Gasteiger partial charge in [-0.05, 0) is 25.0 Å². The Morgan fingerprint density at radius 3 is 2.95 bits per heavy atom. The predicted octanol–water partition coefficient (Wildman–Crippen LogP) is 2.19. The standard InChI is InChI=1S/C17H26N2O3/c1-4-11-19(12-10-18-13(2)20)17-9-8-14-15(21-3)6-5-7-16(14)22-17/h5-7,17H,4,8-12H2,1-3H3,(H,18,20). The second-order valence-corrected chi connectivity index (χ2v) is 5.57. The van der Waals surface area contributed by atoms with Gasteiger partial charge in [-0.2, -0.15) is 0 Å². The highest BCUT2D eigenvalue weighted by Crippen LogP contribution is 2.35. The number of carbonyl (C=O) groups excluding carboxylic acids is 1. The monoisotopic (exact) mass is 306 g/mol. The van der Waals surface area contributed by atoms with E-state index in [2.05, 4.69) is 17.1 Å². The van der Waals surface area contributed by atoms with Gasteiger partial charge in [0.1, 0.15) is 11.5 Å². The number of amides is 1. The second kappa shape index (κ2) is 8.03. The minimum absolute atomic E-state index is 0.0103. The number of nitrogens with one attached hydrogen (secondary N) is 1. The first-order valence-electron chi connectivity index (χ1n) is 7.96. The first kappa shape index (κ1) is 16.6. The Morgan fingerprint density at radius 1 is 1.45 bits per heavy atom. The summed E-state index contributed by atoms with van der Waals surface area (Å²) in [7, 11) is 1.69. The number of methoxy groups -OCH3 is 1. The van der Waals surface area contributed by atoms with E-state index in [1.165, 1.54) is 0 Å². The lowest BCUT2D eigenvalue weighted by Crippen LogP contribution is -2.45. The minimum Gasteiger partial charge on any atom is -0.496 e. The molecule has 122 valence electrons. The molecular weight excluding hydrogens is 280 g/mol. The van der Waals surface area contributed by atoms with Crippen molar-refractivity contribution in [2.75, 3.05) is 26.7 Å². The summed E-state index contributed by atoms with van der Waals surface area (Å²) in [5.74, 6) is 1.82. The minimum atomic E-state index is 0.0103. The lowest BCUT2D eigenvalue weighted by atomic mass is 10.0. The van der Waals surface area contributed by atoms with Crippen LogP contribution < -0.4 is 14.8 Å². The number of nitrogens with zero attached hydrogens (tertiary/aromatic N) is 1. The van der Waals surface area contributed by atoms with Crippen molar-refractivity contribution >= 4 is 5.91 Å². The molecule has 1 unspecified atom stereocenters. The van der Waals surface area contributed by atoms with Gasteiger partial charge >= 0.3 is 0 Å². The molecule has 0 aliphatic carbocycles.